The summed E-state index contributed by atoms with van der Waals surface area (Å²) in [6.07, 6.45) is 1.11. The van der Waals surface area contributed by atoms with Gasteiger partial charge in [-0.15, -0.1) is 0 Å². The molecule has 3 heteroatoms. The van der Waals surface area contributed by atoms with Crippen LogP contribution in [-0.2, 0) is 12.3 Å². The van der Waals surface area contributed by atoms with Crippen LogP contribution in [0.15, 0.2) is 18.2 Å². The molecule has 0 heterocycles. The van der Waals surface area contributed by atoms with Gasteiger partial charge < -0.3 is 5.73 Å². The first-order valence-electron chi connectivity index (χ1n) is 5.26. The zero-order chi connectivity index (χ0) is 11.3. The number of nitrogens with two attached hydrogens (primary N) is 1. The number of rotatable bonds is 5. The number of halogens is 1. The van der Waals surface area contributed by atoms with E-state index in [2.05, 4.69) is 13.8 Å². The van der Waals surface area contributed by atoms with Crippen LogP contribution in [0.25, 0.3) is 0 Å². The van der Waals surface area contributed by atoms with E-state index >= 15 is 0 Å². The van der Waals surface area contributed by atoms with E-state index < -0.39 is 0 Å². The summed E-state index contributed by atoms with van der Waals surface area (Å²) in [4.78, 5) is 0. The predicted octanol–water partition coefficient (Wildman–Crippen LogP) is 3.32. The van der Waals surface area contributed by atoms with E-state index in [0.29, 0.717) is 11.8 Å². The summed E-state index contributed by atoms with van der Waals surface area (Å²) in [5, 5.41) is 0.575. The Bertz CT molecular complexity index is 314. The molecule has 2 N–H and O–H groups in total. The van der Waals surface area contributed by atoms with Gasteiger partial charge in [-0.25, -0.2) is 4.39 Å². The van der Waals surface area contributed by atoms with Crippen LogP contribution in [0.1, 0.15) is 31.4 Å². The molecule has 0 aliphatic heterocycles. The molecule has 1 rings (SSSR count). The zero-order valence-corrected chi connectivity index (χ0v) is 10.1. The Morgan fingerprint density at radius 1 is 1.47 bits per heavy atom. The summed E-state index contributed by atoms with van der Waals surface area (Å²) in [5.41, 5.74) is 7.28. The molecule has 84 valence electrons. The third-order valence-corrected chi connectivity index (χ3v) is 3.82. The molecule has 0 saturated carbocycles. The number of hydrogen-bond acceptors (Lipinski definition) is 2. The van der Waals surface area contributed by atoms with Crippen molar-refractivity contribution in [2.24, 2.45) is 5.73 Å². The molecule has 15 heavy (non-hydrogen) atoms. The van der Waals surface area contributed by atoms with Crippen molar-refractivity contribution < 1.29 is 4.39 Å². The first kappa shape index (κ1) is 12.5. The standard InChI is InChI=1S/C12H18FNS/c1-3-9(2)15-8-11-6-10(7-14)4-5-12(11)13/h4-6,9H,3,7-8,14H2,1-2H3. The van der Waals surface area contributed by atoms with Gasteiger partial charge in [0, 0.05) is 17.5 Å². The van der Waals surface area contributed by atoms with E-state index in [4.69, 9.17) is 5.73 Å². The van der Waals surface area contributed by atoms with Gasteiger partial charge in [0.2, 0.25) is 0 Å². The van der Waals surface area contributed by atoms with Gasteiger partial charge in [-0.1, -0.05) is 26.0 Å². The molecule has 1 atom stereocenters. The molecule has 0 aromatic heterocycles. The molecule has 1 aromatic carbocycles. The second kappa shape index (κ2) is 6.13. The molecule has 0 saturated heterocycles. The van der Waals surface area contributed by atoms with Crippen LogP contribution in [-0.4, -0.2) is 5.25 Å². The van der Waals surface area contributed by atoms with E-state index in [0.717, 1.165) is 23.3 Å². The molecule has 0 amide bonds. The third-order valence-electron chi connectivity index (χ3n) is 2.44. The Morgan fingerprint density at radius 2 is 2.20 bits per heavy atom. The van der Waals surface area contributed by atoms with Crippen LogP contribution in [0.3, 0.4) is 0 Å². The van der Waals surface area contributed by atoms with E-state index in [1.807, 2.05) is 6.07 Å². The zero-order valence-electron chi connectivity index (χ0n) is 9.29. The van der Waals surface area contributed by atoms with Gasteiger partial charge in [0.05, 0.1) is 0 Å². The second-order valence-corrected chi connectivity index (χ2v) is 5.09. The van der Waals surface area contributed by atoms with Crippen LogP contribution in [0.4, 0.5) is 4.39 Å². The summed E-state index contributed by atoms with van der Waals surface area (Å²) in [6, 6.07) is 5.12. The van der Waals surface area contributed by atoms with E-state index in [1.54, 1.807) is 17.8 Å². The molecule has 0 radical (unpaired) electrons. The average Bonchev–Trinajstić information content (AvgIpc) is 2.27. The van der Waals surface area contributed by atoms with E-state index in [-0.39, 0.29) is 5.82 Å². The molecule has 0 bridgehead atoms. The number of benzene rings is 1. The van der Waals surface area contributed by atoms with Crippen LogP contribution in [0, 0.1) is 5.82 Å². The summed E-state index contributed by atoms with van der Waals surface area (Å²) in [7, 11) is 0. The smallest absolute Gasteiger partial charge is 0.127 e. The summed E-state index contributed by atoms with van der Waals surface area (Å²) in [5.74, 6) is 0.609. The van der Waals surface area contributed by atoms with Crippen molar-refractivity contribution in [1.82, 2.24) is 0 Å². The van der Waals surface area contributed by atoms with Gasteiger partial charge >= 0.3 is 0 Å². The molecule has 0 aliphatic carbocycles. The van der Waals surface area contributed by atoms with Crippen molar-refractivity contribution in [3.63, 3.8) is 0 Å². The maximum atomic E-state index is 13.4. The van der Waals surface area contributed by atoms with Crippen LogP contribution >= 0.6 is 11.8 Å². The number of thioether (sulfide) groups is 1. The van der Waals surface area contributed by atoms with Gasteiger partial charge in [0.15, 0.2) is 0 Å². The fourth-order valence-electron chi connectivity index (χ4n) is 1.22. The van der Waals surface area contributed by atoms with Crippen molar-refractivity contribution >= 4 is 11.8 Å². The maximum Gasteiger partial charge on any atom is 0.127 e. The fourth-order valence-corrected chi connectivity index (χ4v) is 2.14. The summed E-state index contributed by atoms with van der Waals surface area (Å²) in [6.45, 7) is 4.78. The predicted molar refractivity (Wildman–Crippen MR) is 65.3 cm³/mol. The van der Waals surface area contributed by atoms with Gasteiger partial charge in [-0.2, -0.15) is 11.8 Å². The Morgan fingerprint density at radius 3 is 2.80 bits per heavy atom. The van der Waals surface area contributed by atoms with Crippen LogP contribution in [0.5, 0.6) is 0 Å². The molecule has 1 unspecified atom stereocenters. The first-order valence-corrected chi connectivity index (χ1v) is 6.31. The van der Waals surface area contributed by atoms with E-state index in [9.17, 15) is 4.39 Å². The highest BCUT2D eigenvalue weighted by atomic mass is 32.2. The molecule has 0 fully saturated rings. The van der Waals surface area contributed by atoms with Crippen molar-refractivity contribution in [3.8, 4) is 0 Å². The normalized spacial score (nSPS) is 12.8. The lowest BCUT2D eigenvalue weighted by Crippen LogP contribution is -2.00. The highest BCUT2D eigenvalue weighted by molar-refractivity contribution is 7.99. The second-order valence-electron chi connectivity index (χ2n) is 3.66. The molecular weight excluding hydrogens is 209 g/mol. The minimum absolute atomic E-state index is 0.122. The highest BCUT2D eigenvalue weighted by Crippen LogP contribution is 2.22. The van der Waals surface area contributed by atoms with Crippen LogP contribution < -0.4 is 5.73 Å². The fraction of sp³-hybridized carbons (Fsp3) is 0.500. The first-order chi connectivity index (χ1) is 7.17. The van der Waals surface area contributed by atoms with Gasteiger partial charge in [0.25, 0.3) is 0 Å². The minimum atomic E-state index is -0.122. The lowest BCUT2D eigenvalue weighted by molar-refractivity contribution is 0.616. The van der Waals surface area contributed by atoms with Crippen molar-refractivity contribution in [3.05, 3.63) is 35.1 Å². The minimum Gasteiger partial charge on any atom is -0.326 e. The topological polar surface area (TPSA) is 26.0 Å². The van der Waals surface area contributed by atoms with Gasteiger partial charge in [-0.3, -0.25) is 0 Å². The van der Waals surface area contributed by atoms with Crippen molar-refractivity contribution in [2.75, 3.05) is 0 Å². The SMILES string of the molecule is CCC(C)SCc1cc(CN)ccc1F. The Balaban J connectivity index is 2.66. The molecular formula is C12H18FNS. The molecule has 1 nitrogen and oxygen atoms in total. The summed E-state index contributed by atoms with van der Waals surface area (Å²) >= 11 is 1.78. The quantitative estimate of drug-likeness (QED) is 0.835. The summed E-state index contributed by atoms with van der Waals surface area (Å²) < 4.78 is 13.4. The van der Waals surface area contributed by atoms with Crippen molar-refractivity contribution in [1.29, 1.82) is 0 Å². The Labute approximate surface area is 95.2 Å². The largest absolute Gasteiger partial charge is 0.326 e. The Hall–Kier alpha value is -0.540. The Kier molecular flexibility index (Phi) is 5.12. The maximum absolute atomic E-state index is 13.4. The molecule has 1 aromatic rings. The molecule has 0 aliphatic rings. The van der Waals surface area contributed by atoms with Gasteiger partial charge in [-0.05, 0) is 23.6 Å². The lowest BCUT2D eigenvalue weighted by Gasteiger charge is -2.09. The van der Waals surface area contributed by atoms with Crippen LogP contribution in [0.2, 0.25) is 0 Å². The number of hydrogen-bond donors (Lipinski definition) is 1. The highest BCUT2D eigenvalue weighted by Gasteiger charge is 2.05. The molecule has 0 spiro atoms. The van der Waals surface area contributed by atoms with E-state index in [1.165, 1.54) is 6.07 Å². The van der Waals surface area contributed by atoms with Crippen molar-refractivity contribution in [2.45, 2.75) is 37.8 Å². The monoisotopic (exact) mass is 227 g/mol. The van der Waals surface area contributed by atoms with Gasteiger partial charge in [0.1, 0.15) is 5.82 Å². The third kappa shape index (κ3) is 3.84. The lowest BCUT2D eigenvalue weighted by atomic mass is 10.1. The average molecular weight is 227 g/mol.